The van der Waals surface area contributed by atoms with Gasteiger partial charge in [0.15, 0.2) is 0 Å². The van der Waals surface area contributed by atoms with Crippen LogP contribution in [0.2, 0.25) is 0 Å². The van der Waals surface area contributed by atoms with E-state index >= 15 is 0 Å². The number of fused-ring (bicyclic) bond motifs is 1. The molecule has 0 atom stereocenters. The molecule has 0 saturated heterocycles. The minimum absolute atomic E-state index is 0. The van der Waals surface area contributed by atoms with Gasteiger partial charge in [-0.1, -0.05) is 30.3 Å². The van der Waals surface area contributed by atoms with Crippen LogP contribution in [0, 0.1) is 0 Å². The van der Waals surface area contributed by atoms with Gasteiger partial charge in [0, 0.05) is 12.1 Å². The molecule has 0 aromatic heterocycles. The molecule has 0 spiro atoms. The second-order valence-corrected chi connectivity index (χ2v) is 3.31. The van der Waals surface area contributed by atoms with Crippen LogP contribution in [0.15, 0.2) is 36.4 Å². The zero-order valence-corrected chi connectivity index (χ0v) is 9.36. The number of rotatable bonds is 2. The van der Waals surface area contributed by atoms with Crippen molar-refractivity contribution in [1.29, 1.82) is 0 Å². The van der Waals surface area contributed by atoms with Gasteiger partial charge in [0.2, 0.25) is 0 Å². The standard InChI is InChI=1S/C12H13NO.Cu/c1-13-8-11-10-5-3-2-4-9(10)6-7-12(11)14;/h2-7,13-14H,8H2,1H3;/q;+2. The first kappa shape index (κ1) is 12.1. The minimum atomic E-state index is 0. The topological polar surface area (TPSA) is 32.3 Å². The van der Waals surface area contributed by atoms with Gasteiger partial charge in [-0.2, -0.15) is 0 Å². The number of nitrogens with one attached hydrogen (secondary N) is 1. The van der Waals surface area contributed by atoms with Crippen molar-refractivity contribution in [2.45, 2.75) is 6.54 Å². The Morgan fingerprint density at radius 2 is 1.87 bits per heavy atom. The molecule has 0 unspecified atom stereocenters. The summed E-state index contributed by atoms with van der Waals surface area (Å²) in [6, 6.07) is 11.7. The van der Waals surface area contributed by atoms with Gasteiger partial charge in [-0.15, -0.1) is 0 Å². The molecule has 2 rings (SSSR count). The number of hydrogen-bond donors (Lipinski definition) is 2. The third-order valence-electron chi connectivity index (χ3n) is 2.37. The summed E-state index contributed by atoms with van der Waals surface area (Å²) in [7, 11) is 1.88. The van der Waals surface area contributed by atoms with Crippen LogP contribution in [0.3, 0.4) is 0 Å². The average molecular weight is 251 g/mol. The van der Waals surface area contributed by atoms with Crippen LogP contribution in [0.25, 0.3) is 10.8 Å². The first-order valence-electron chi connectivity index (χ1n) is 4.67. The Labute approximate surface area is 99.8 Å². The van der Waals surface area contributed by atoms with Gasteiger partial charge < -0.3 is 10.4 Å². The summed E-state index contributed by atoms with van der Waals surface area (Å²) < 4.78 is 0. The van der Waals surface area contributed by atoms with E-state index in [-0.39, 0.29) is 17.1 Å². The second-order valence-electron chi connectivity index (χ2n) is 3.31. The van der Waals surface area contributed by atoms with Crippen molar-refractivity contribution >= 4 is 10.8 Å². The van der Waals surface area contributed by atoms with Gasteiger partial charge in [-0.05, 0) is 23.9 Å². The monoisotopic (exact) mass is 250 g/mol. The molecule has 0 heterocycles. The van der Waals surface area contributed by atoms with Crippen LogP contribution in [-0.2, 0) is 23.6 Å². The number of benzene rings is 2. The maximum atomic E-state index is 9.70. The SMILES string of the molecule is CNCc1c(O)ccc2ccccc12.[Cu+2]. The second kappa shape index (κ2) is 5.17. The quantitative estimate of drug-likeness (QED) is 0.802. The fourth-order valence-corrected chi connectivity index (χ4v) is 1.69. The molecule has 1 radical (unpaired) electrons. The molecule has 81 valence electrons. The van der Waals surface area contributed by atoms with Gasteiger partial charge in [-0.25, -0.2) is 0 Å². The maximum Gasteiger partial charge on any atom is 2.00 e. The van der Waals surface area contributed by atoms with Crippen molar-refractivity contribution < 1.29 is 22.2 Å². The first-order valence-corrected chi connectivity index (χ1v) is 4.67. The normalized spacial score (nSPS) is 9.93. The Morgan fingerprint density at radius 3 is 2.60 bits per heavy atom. The van der Waals surface area contributed by atoms with Gasteiger partial charge in [0.25, 0.3) is 0 Å². The van der Waals surface area contributed by atoms with E-state index in [1.54, 1.807) is 6.07 Å². The molecular weight excluding hydrogens is 238 g/mol. The van der Waals surface area contributed by atoms with Gasteiger partial charge in [0.1, 0.15) is 5.75 Å². The number of aromatic hydroxyl groups is 1. The summed E-state index contributed by atoms with van der Waals surface area (Å²) >= 11 is 0. The molecule has 0 aliphatic heterocycles. The zero-order valence-electron chi connectivity index (χ0n) is 8.42. The molecule has 2 nitrogen and oxygen atoms in total. The van der Waals surface area contributed by atoms with E-state index in [0.29, 0.717) is 12.3 Å². The van der Waals surface area contributed by atoms with Crippen LogP contribution in [0.4, 0.5) is 0 Å². The van der Waals surface area contributed by atoms with Gasteiger partial charge in [-0.3, -0.25) is 0 Å². The van der Waals surface area contributed by atoms with Crippen LogP contribution >= 0.6 is 0 Å². The average Bonchev–Trinajstić information content (AvgIpc) is 2.23. The van der Waals surface area contributed by atoms with Gasteiger partial charge in [0.05, 0.1) is 0 Å². The fourth-order valence-electron chi connectivity index (χ4n) is 1.69. The molecule has 0 saturated carbocycles. The van der Waals surface area contributed by atoms with E-state index in [4.69, 9.17) is 0 Å². The molecule has 2 aromatic rings. The van der Waals surface area contributed by atoms with Crippen LogP contribution in [0.5, 0.6) is 5.75 Å². The summed E-state index contributed by atoms with van der Waals surface area (Å²) in [5, 5.41) is 15.0. The van der Waals surface area contributed by atoms with Crippen molar-refractivity contribution in [2.75, 3.05) is 7.05 Å². The molecule has 0 aliphatic rings. The molecule has 0 amide bonds. The van der Waals surface area contributed by atoms with E-state index < -0.39 is 0 Å². The number of phenolic OH excluding ortho intramolecular Hbond substituents is 1. The Hall–Kier alpha value is -1.02. The Balaban J connectivity index is 0.00000112. The minimum Gasteiger partial charge on any atom is -0.508 e. The van der Waals surface area contributed by atoms with Crippen molar-refractivity contribution in [3.05, 3.63) is 42.0 Å². The van der Waals surface area contributed by atoms with Crippen LogP contribution in [0.1, 0.15) is 5.56 Å². The van der Waals surface area contributed by atoms with E-state index in [1.165, 1.54) is 0 Å². The number of phenols is 1. The predicted molar refractivity (Wildman–Crippen MR) is 58.4 cm³/mol. The van der Waals surface area contributed by atoms with E-state index in [0.717, 1.165) is 16.3 Å². The molecule has 0 bridgehead atoms. The van der Waals surface area contributed by atoms with E-state index in [2.05, 4.69) is 5.32 Å². The van der Waals surface area contributed by atoms with Gasteiger partial charge >= 0.3 is 17.1 Å². The smallest absolute Gasteiger partial charge is 0.508 e. The number of hydrogen-bond acceptors (Lipinski definition) is 2. The molecule has 2 aromatic carbocycles. The van der Waals surface area contributed by atoms with E-state index in [1.807, 2.05) is 37.4 Å². The maximum absolute atomic E-state index is 9.70. The Morgan fingerprint density at radius 1 is 1.13 bits per heavy atom. The Bertz CT molecular complexity index is 456. The van der Waals surface area contributed by atoms with Crippen LogP contribution in [-0.4, -0.2) is 12.2 Å². The summed E-state index contributed by atoms with van der Waals surface area (Å²) in [4.78, 5) is 0. The Kier molecular flexibility index (Phi) is 4.15. The van der Waals surface area contributed by atoms with E-state index in [9.17, 15) is 5.11 Å². The summed E-state index contributed by atoms with van der Waals surface area (Å²) in [6.45, 7) is 0.688. The molecule has 15 heavy (non-hydrogen) atoms. The predicted octanol–water partition coefficient (Wildman–Crippen LogP) is 2.26. The van der Waals surface area contributed by atoms with Crippen molar-refractivity contribution in [3.63, 3.8) is 0 Å². The largest absolute Gasteiger partial charge is 2.00 e. The summed E-state index contributed by atoms with van der Waals surface area (Å²) in [5.41, 5.74) is 0.964. The fraction of sp³-hybridized carbons (Fsp3) is 0.167. The van der Waals surface area contributed by atoms with Crippen LogP contribution < -0.4 is 5.32 Å². The molecule has 0 aliphatic carbocycles. The summed E-state index contributed by atoms with van der Waals surface area (Å²) in [6.07, 6.45) is 0. The molecule has 2 N–H and O–H groups in total. The van der Waals surface area contributed by atoms with Crippen molar-refractivity contribution in [1.82, 2.24) is 5.32 Å². The third kappa shape index (κ3) is 2.32. The third-order valence-corrected chi connectivity index (χ3v) is 2.37. The first-order chi connectivity index (χ1) is 6.83. The zero-order chi connectivity index (χ0) is 9.97. The summed E-state index contributed by atoms with van der Waals surface area (Å²) in [5.74, 6) is 0.359. The molecule has 0 fully saturated rings. The van der Waals surface area contributed by atoms with Crippen molar-refractivity contribution in [3.8, 4) is 5.75 Å². The molecule has 3 heteroatoms. The molecular formula is C12H13CuNO+2. The van der Waals surface area contributed by atoms with Crippen molar-refractivity contribution in [2.24, 2.45) is 0 Å².